The fraction of sp³-hybridized carbons (Fsp3) is 0.417. The van der Waals surface area contributed by atoms with E-state index in [2.05, 4.69) is 10.6 Å². The second kappa shape index (κ2) is 11.2. The number of hydrogen-bond acceptors (Lipinski definition) is 8. The van der Waals surface area contributed by atoms with Crippen LogP contribution in [0.4, 0.5) is 0 Å². The number of carbonyl (C=O) groups is 2. The Morgan fingerprint density at radius 1 is 0.594 bits per heavy atom. The van der Waals surface area contributed by atoms with Gasteiger partial charge in [0.25, 0.3) is 0 Å². The highest BCUT2D eigenvalue weighted by molar-refractivity contribution is 6.31. The molecule has 32 heavy (non-hydrogen) atoms. The first-order chi connectivity index (χ1) is 15.5. The van der Waals surface area contributed by atoms with Gasteiger partial charge in [-0.05, 0) is 62.0 Å². The van der Waals surface area contributed by atoms with E-state index in [0.717, 1.165) is 11.1 Å². The zero-order valence-corrected chi connectivity index (χ0v) is 18.0. The Bertz CT molecular complexity index is 911. The number of aliphatic hydroxyl groups excluding tert-OH is 2. The van der Waals surface area contributed by atoms with Crippen molar-refractivity contribution in [2.24, 2.45) is 0 Å². The highest BCUT2D eigenvalue weighted by Crippen LogP contribution is 2.40. The average Bonchev–Trinajstić information content (AvgIpc) is 2.78. The minimum absolute atomic E-state index is 0.0454. The molecule has 1 aliphatic rings. The summed E-state index contributed by atoms with van der Waals surface area (Å²) in [5.74, 6) is -1.56. The number of carbonyl (C=O) groups excluding carboxylic acids is 2. The summed E-state index contributed by atoms with van der Waals surface area (Å²) < 4.78 is 0. The van der Waals surface area contributed by atoms with E-state index in [4.69, 9.17) is 10.2 Å². The van der Waals surface area contributed by atoms with E-state index in [9.17, 15) is 19.8 Å². The van der Waals surface area contributed by atoms with Crippen LogP contribution in [0.3, 0.4) is 0 Å². The minimum Gasteiger partial charge on any atom is -0.507 e. The Kier molecular flexibility index (Phi) is 8.35. The third kappa shape index (κ3) is 4.99. The summed E-state index contributed by atoms with van der Waals surface area (Å²) in [5, 5.41) is 44.6. The molecule has 8 heteroatoms. The average molecular weight is 443 g/mol. The number of nitrogens with one attached hydrogen (secondary N) is 2. The van der Waals surface area contributed by atoms with Crippen LogP contribution >= 0.6 is 0 Å². The van der Waals surface area contributed by atoms with E-state index >= 15 is 0 Å². The fourth-order valence-corrected chi connectivity index (χ4v) is 4.13. The van der Waals surface area contributed by atoms with Crippen molar-refractivity contribution in [3.63, 3.8) is 0 Å². The molecule has 2 aromatic rings. The number of ketones is 2. The van der Waals surface area contributed by atoms with Gasteiger partial charge < -0.3 is 31.1 Å². The molecule has 0 amide bonds. The predicted octanol–water partition coefficient (Wildman–Crippen LogP) is 0.902. The van der Waals surface area contributed by atoms with Gasteiger partial charge in [-0.25, -0.2) is 0 Å². The first kappa shape index (κ1) is 23.9. The molecule has 0 fully saturated rings. The van der Waals surface area contributed by atoms with Gasteiger partial charge in [-0.3, -0.25) is 9.59 Å². The van der Waals surface area contributed by atoms with Crippen LogP contribution in [0.1, 0.15) is 55.8 Å². The molecule has 0 radical (unpaired) electrons. The number of rotatable bonds is 12. The summed E-state index contributed by atoms with van der Waals surface area (Å²) in [6.07, 6.45) is 2.51. The molecule has 0 aromatic heterocycles. The fourth-order valence-electron chi connectivity index (χ4n) is 4.13. The monoisotopic (exact) mass is 442 g/mol. The van der Waals surface area contributed by atoms with E-state index in [1.54, 1.807) is 0 Å². The van der Waals surface area contributed by atoms with E-state index in [0.29, 0.717) is 63.0 Å². The smallest absolute Gasteiger partial charge is 0.198 e. The number of aromatic hydroxyl groups is 2. The summed E-state index contributed by atoms with van der Waals surface area (Å²) in [6, 6.07) is 6.16. The van der Waals surface area contributed by atoms with E-state index in [1.165, 1.54) is 12.1 Å². The van der Waals surface area contributed by atoms with Crippen molar-refractivity contribution < 1.29 is 30.0 Å². The molecule has 0 atom stereocenters. The van der Waals surface area contributed by atoms with Gasteiger partial charge in [0.2, 0.25) is 0 Å². The normalized spacial score (nSPS) is 12.7. The van der Waals surface area contributed by atoms with E-state index in [-0.39, 0.29) is 35.8 Å². The summed E-state index contributed by atoms with van der Waals surface area (Å²) in [5.41, 5.74) is 1.74. The third-order valence-electron chi connectivity index (χ3n) is 5.62. The van der Waals surface area contributed by atoms with Gasteiger partial charge >= 0.3 is 0 Å². The molecule has 1 aliphatic carbocycles. The van der Waals surface area contributed by atoms with E-state index in [1.807, 2.05) is 12.1 Å². The van der Waals surface area contributed by atoms with Gasteiger partial charge in [0.1, 0.15) is 11.5 Å². The summed E-state index contributed by atoms with van der Waals surface area (Å²) in [6.45, 7) is 2.36. The maximum atomic E-state index is 13.4. The number of phenolic OH excluding ortho intramolecular Hbond substituents is 2. The zero-order chi connectivity index (χ0) is 23.1. The molecule has 0 aliphatic heterocycles. The number of phenols is 2. The molecule has 0 spiro atoms. The van der Waals surface area contributed by atoms with Crippen molar-refractivity contribution >= 4 is 11.6 Å². The molecule has 8 nitrogen and oxygen atoms in total. The van der Waals surface area contributed by atoms with Crippen molar-refractivity contribution in [3.05, 3.63) is 57.6 Å². The summed E-state index contributed by atoms with van der Waals surface area (Å²) in [4.78, 5) is 26.9. The van der Waals surface area contributed by atoms with Crippen molar-refractivity contribution in [2.75, 3.05) is 39.4 Å². The van der Waals surface area contributed by atoms with Gasteiger partial charge in [0.05, 0.1) is 24.3 Å². The first-order valence-corrected chi connectivity index (χ1v) is 10.9. The summed E-state index contributed by atoms with van der Waals surface area (Å²) in [7, 11) is 0. The van der Waals surface area contributed by atoms with Gasteiger partial charge in [-0.15, -0.1) is 0 Å². The van der Waals surface area contributed by atoms with Crippen molar-refractivity contribution in [1.29, 1.82) is 0 Å². The van der Waals surface area contributed by atoms with Gasteiger partial charge in [-0.1, -0.05) is 12.1 Å². The maximum Gasteiger partial charge on any atom is 0.198 e. The number of hydrogen-bond donors (Lipinski definition) is 6. The van der Waals surface area contributed by atoms with Crippen LogP contribution in [0.15, 0.2) is 24.3 Å². The van der Waals surface area contributed by atoms with Crippen LogP contribution in [0.5, 0.6) is 11.5 Å². The van der Waals surface area contributed by atoms with Gasteiger partial charge in [0, 0.05) is 24.2 Å². The molecular formula is C24H30N2O6. The predicted molar refractivity (Wildman–Crippen MR) is 120 cm³/mol. The molecule has 3 rings (SSSR count). The molecular weight excluding hydrogens is 412 g/mol. The lowest BCUT2D eigenvalue weighted by atomic mass is 9.77. The lowest BCUT2D eigenvalue weighted by Crippen LogP contribution is -2.26. The van der Waals surface area contributed by atoms with Crippen LogP contribution in [-0.2, 0) is 12.8 Å². The second-order valence-corrected chi connectivity index (χ2v) is 7.80. The standard InChI is InChI=1S/C24H30N2O6/c27-13-11-25-9-1-3-15-5-6-16(4-2-10-26-12-14-28)20-19(15)23(31)21-17(29)7-8-18(30)22(21)24(20)32/h5-8,25-30H,1-4,9-14H2. The molecule has 0 heterocycles. The Morgan fingerprint density at radius 2 is 1.00 bits per heavy atom. The summed E-state index contributed by atoms with van der Waals surface area (Å²) >= 11 is 0. The van der Waals surface area contributed by atoms with Crippen LogP contribution in [0, 0.1) is 0 Å². The Hall–Kier alpha value is -2.78. The van der Waals surface area contributed by atoms with Crippen molar-refractivity contribution in [3.8, 4) is 11.5 Å². The highest BCUT2D eigenvalue weighted by atomic mass is 16.3. The van der Waals surface area contributed by atoms with Crippen LogP contribution in [0.2, 0.25) is 0 Å². The Morgan fingerprint density at radius 3 is 1.38 bits per heavy atom. The second-order valence-electron chi connectivity index (χ2n) is 7.80. The number of fused-ring (bicyclic) bond motifs is 2. The lowest BCUT2D eigenvalue weighted by Gasteiger charge is -2.24. The zero-order valence-electron chi connectivity index (χ0n) is 18.0. The van der Waals surface area contributed by atoms with Gasteiger partial charge in [0.15, 0.2) is 11.6 Å². The van der Waals surface area contributed by atoms with Crippen LogP contribution in [0.25, 0.3) is 0 Å². The Balaban J connectivity index is 1.97. The molecule has 6 N–H and O–H groups in total. The van der Waals surface area contributed by atoms with Crippen molar-refractivity contribution in [1.82, 2.24) is 10.6 Å². The van der Waals surface area contributed by atoms with E-state index < -0.39 is 11.6 Å². The lowest BCUT2D eigenvalue weighted by molar-refractivity contribution is 0.0972. The topological polar surface area (TPSA) is 139 Å². The van der Waals surface area contributed by atoms with Gasteiger partial charge in [-0.2, -0.15) is 0 Å². The Labute approximate surface area is 186 Å². The molecule has 0 bridgehead atoms. The van der Waals surface area contributed by atoms with Crippen LogP contribution in [-0.4, -0.2) is 71.4 Å². The first-order valence-electron chi connectivity index (χ1n) is 10.9. The SMILES string of the molecule is O=C1c2c(O)ccc(O)c2C(=O)c2c(CCCNCCO)ccc(CCCNCCO)c21. The minimum atomic E-state index is -0.457. The number of aryl methyl sites for hydroxylation is 2. The van der Waals surface area contributed by atoms with Crippen LogP contribution < -0.4 is 10.6 Å². The maximum absolute atomic E-state index is 13.4. The molecule has 0 saturated carbocycles. The highest BCUT2D eigenvalue weighted by Gasteiger charge is 2.37. The molecule has 2 aromatic carbocycles. The molecule has 0 saturated heterocycles. The largest absolute Gasteiger partial charge is 0.507 e. The molecule has 0 unspecified atom stereocenters. The number of benzene rings is 2. The van der Waals surface area contributed by atoms with Crippen molar-refractivity contribution in [2.45, 2.75) is 25.7 Å². The quantitative estimate of drug-likeness (QED) is 0.180. The molecule has 172 valence electrons. The number of aliphatic hydroxyl groups is 2. The third-order valence-corrected chi connectivity index (χ3v) is 5.62.